The number of carboxylic acid groups (broad SMARTS) is 1. The maximum Gasteiger partial charge on any atom is 0.326 e. The number of guanidine groups is 4. The van der Waals surface area contributed by atoms with E-state index >= 15 is 28.8 Å². The van der Waals surface area contributed by atoms with Crippen LogP contribution in [0.5, 0.6) is 11.5 Å². The standard InChI is InChI=1S/C90H141N33O20S2/c91-34-4-3-16-57(112-71(127)59(18-7-37-106-86(97)98)114-76(132)64(44-49-25-30-54(124)31-26-49)119-80(136)68(48-145)122-78(134)66(46-51-24-29-52-13-1-2-14-53(52)43-51)118-74(130)58(17-6-36-105-85(95)96)111-70(126)56(92)15-5-35-104-84(93)94)73(129)116-62(21-10-41-110-90(103)143)82(138)123-42-12-23-69(123)81(137)120-65(45-50-27-32-55(125)33-28-50)77(133)115-60(19-8-39-108-88(101)141)72(128)113-61(20-9-40-109-89(102)142)75(131)121-67(47-144)79(135)117-63(83(139)140)22-11-38-107-87(99)100/h1-2,13-14,24-33,43,56-69,124-125,144-145H,3-12,15-23,34-42,44-48,91-92H2,(H,111,126)(H,112,127)(H,113,128)(H,114,132)(H,115,133)(H,116,129)(H,117,135)(H,118,130)(H,119,136)(H,120,137)(H,121,131)(H,122,134)(H,139,140)(H4,93,94,104)(H4,95,96,105)(H4,97,98,106)(H4,99,100,107)(H3,101,108,141)(H3,102,109,142)(H3,103,110,143)/t56-,57-,58-,59-,60-,61-,62+,63-,64-,65-,66-,67-,68-,69-/m0/s1. The topological polar surface area (TPSA) is 912 Å². The number of carboxylic acids is 1. The molecule has 4 aromatic rings. The zero-order valence-electron chi connectivity index (χ0n) is 80.4. The van der Waals surface area contributed by atoms with E-state index in [1.54, 1.807) is 24.3 Å². The number of aliphatic carboxylic acids is 1. The van der Waals surface area contributed by atoms with E-state index in [4.69, 9.17) is 73.2 Å². The second-order valence-corrected chi connectivity index (χ2v) is 35.1. The minimum atomic E-state index is -1.67. The number of amides is 19. The number of phenols is 2. The van der Waals surface area contributed by atoms with Gasteiger partial charge in [-0.3, -0.25) is 84.0 Å². The highest BCUT2D eigenvalue weighted by atomic mass is 32.1. The number of hydrogen-bond donors (Lipinski definition) is 37. The zero-order valence-corrected chi connectivity index (χ0v) is 82.2. The van der Waals surface area contributed by atoms with Gasteiger partial charge in [0, 0.05) is 83.1 Å². The Kier molecular flexibility index (Phi) is 53.4. The highest BCUT2D eigenvalue weighted by molar-refractivity contribution is 7.80. The summed E-state index contributed by atoms with van der Waals surface area (Å²) in [6, 6.07) is -0.829. The molecule has 0 aromatic heterocycles. The molecule has 1 heterocycles. The molecular weight excluding hydrogens is 1930 g/mol. The zero-order chi connectivity index (χ0) is 107. The van der Waals surface area contributed by atoms with Crippen LogP contribution < -0.4 is 153 Å². The smallest absolute Gasteiger partial charge is 0.326 e. The van der Waals surface area contributed by atoms with Gasteiger partial charge in [-0.1, -0.05) is 66.7 Å². The first kappa shape index (κ1) is 120. The molecule has 798 valence electrons. The van der Waals surface area contributed by atoms with Crippen molar-refractivity contribution in [3.63, 3.8) is 0 Å². The fourth-order valence-electron chi connectivity index (χ4n) is 15.3. The van der Waals surface area contributed by atoms with Gasteiger partial charge in [0.1, 0.15) is 90.0 Å². The van der Waals surface area contributed by atoms with Gasteiger partial charge in [-0.2, -0.15) is 25.3 Å². The van der Waals surface area contributed by atoms with Crippen LogP contribution in [0, 0.1) is 21.6 Å². The van der Waals surface area contributed by atoms with Gasteiger partial charge in [-0.15, -0.1) is 0 Å². The van der Waals surface area contributed by atoms with Crippen molar-refractivity contribution in [1.82, 2.24) is 106 Å². The number of thiol groups is 2. The van der Waals surface area contributed by atoms with Crippen molar-refractivity contribution in [3.8, 4) is 11.5 Å². The van der Waals surface area contributed by atoms with Crippen LogP contribution in [0.4, 0.5) is 14.4 Å². The molecule has 4 aromatic carbocycles. The maximum absolute atomic E-state index is 15.4. The number of fused-ring (bicyclic) bond motifs is 1. The van der Waals surface area contributed by atoms with Crippen LogP contribution in [0.25, 0.3) is 10.8 Å². The van der Waals surface area contributed by atoms with Gasteiger partial charge in [0.25, 0.3) is 0 Å². The molecule has 0 unspecified atom stereocenters. The van der Waals surface area contributed by atoms with Crippen molar-refractivity contribution >= 4 is 161 Å². The molecule has 0 aliphatic carbocycles. The Balaban J connectivity index is 1.49. The number of unbranched alkanes of at least 4 members (excludes halogenated alkanes) is 1. The Labute approximate surface area is 847 Å². The molecule has 0 radical (unpaired) electrons. The molecule has 55 heteroatoms. The van der Waals surface area contributed by atoms with E-state index in [9.17, 15) is 68.1 Å². The summed E-state index contributed by atoms with van der Waals surface area (Å²) in [5.41, 5.74) is 51.4. The van der Waals surface area contributed by atoms with E-state index in [-0.39, 0.29) is 223 Å². The van der Waals surface area contributed by atoms with Gasteiger partial charge in [0.15, 0.2) is 23.8 Å². The van der Waals surface area contributed by atoms with Gasteiger partial charge >= 0.3 is 24.1 Å². The van der Waals surface area contributed by atoms with E-state index in [1.165, 1.54) is 48.5 Å². The summed E-state index contributed by atoms with van der Waals surface area (Å²) >= 11 is 8.67. The van der Waals surface area contributed by atoms with Crippen molar-refractivity contribution in [2.75, 3.05) is 70.4 Å². The number of rotatable bonds is 66. The van der Waals surface area contributed by atoms with E-state index in [0.29, 0.717) is 23.1 Å². The van der Waals surface area contributed by atoms with Gasteiger partial charge in [0.2, 0.25) is 76.8 Å². The van der Waals surface area contributed by atoms with Gasteiger partial charge in [-0.25, -0.2) is 19.2 Å². The second-order valence-electron chi connectivity index (χ2n) is 34.4. The van der Waals surface area contributed by atoms with E-state index in [1.807, 2.05) is 18.2 Å². The summed E-state index contributed by atoms with van der Waals surface area (Å²) in [6.45, 7) is -0.220. The van der Waals surface area contributed by atoms with Crippen LogP contribution in [0.1, 0.15) is 139 Å². The summed E-state index contributed by atoms with van der Waals surface area (Å²) in [7, 11) is 0. The van der Waals surface area contributed by atoms with E-state index in [2.05, 4.69) is 126 Å². The third-order valence-electron chi connectivity index (χ3n) is 22.9. The average molecular weight is 2070 g/mol. The molecule has 1 aliphatic heterocycles. The highest BCUT2D eigenvalue weighted by Crippen LogP contribution is 2.24. The minimum Gasteiger partial charge on any atom is -0.508 e. The fraction of sp³-hybridized carbons (Fsp3) is 0.522. The number of nitrogens with two attached hydrogens (primary N) is 9. The molecule has 53 nitrogen and oxygen atoms in total. The average Bonchev–Trinajstić information content (AvgIpc) is 1.68. The first-order valence-corrected chi connectivity index (χ1v) is 48.6. The highest BCUT2D eigenvalue weighted by Gasteiger charge is 2.42. The largest absolute Gasteiger partial charge is 0.508 e. The Hall–Kier alpha value is -15.2. The number of hydrogen-bond acceptors (Lipinski definition) is 27. The third-order valence-corrected chi connectivity index (χ3v) is 23.7. The van der Waals surface area contributed by atoms with Gasteiger partial charge < -0.3 is 173 Å². The lowest BCUT2D eigenvalue weighted by Crippen LogP contribution is -2.61. The maximum atomic E-state index is 15.4. The molecule has 1 fully saturated rings. The van der Waals surface area contributed by atoms with Crippen molar-refractivity contribution in [3.05, 3.63) is 108 Å². The van der Waals surface area contributed by atoms with Gasteiger partial charge in [0.05, 0.1) is 6.04 Å². The van der Waals surface area contributed by atoms with Crippen LogP contribution in [0.3, 0.4) is 0 Å². The number of urea groups is 3. The quantitative estimate of drug-likeness (QED) is 0.00845. The van der Waals surface area contributed by atoms with Crippen LogP contribution in [0.2, 0.25) is 0 Å². The molecule has 145 heavy (non-hydrogen) atoms. The first-order valence-electron chi connectivity index (χ1n) is 47.3. The van der Waals surface area contributed by atoms with E-state index in [0.717, 1.165) is 15.7 Å². The predicted octanol–water partition coefficient (Wildman–Crippen LogP) is -7.11. The Morgan fingerprint density at radius 2 is 0.628 bits per heavy atom. The number of phenolic OH excluding ortho intramolecular Hbond substituents is 2. The first-order chi connectivity index (χ1) is 69.0. The lowest BCUT2D eigenvalue weighted by atomic mass is 10.00. The van der Waals surface area contributed by atoms with Crippen LogP contribution >= 0.6 is 25.3 Å². The summed E-state index contributed by atoms with van der Waals surface area (Å²) in [4.78, 5) is 241. The van der Waals surface area contributed by atoms with Crippen molar-refractivity contribution in [1.29, 1.82) is 21.6 Å². The normalized spacial score (nSPS) is 14.7. The molecule has 0 saturated carbocycles. The number of nitrogens with zero attached hydrogens (tertiary/aromatic N) is 1. The van der Waals surface area contributed by atoms with Crippen LogP contribution in [-0.4, -0.2) is 300 Å². The molecule has 0 spiro atoms. The van der Waals surface area contributed by atoms with Crippen LogP contribution in [-0.2, 0) is 86.4 Å². The molecular formula is C90H141N33O20S2. The molecule has 0 bridgehead atoms. The number of likely N-dealkylation sites (tertiary alicyclic amines) is 1. The van der Waals surface area contributed by atoms with E-state index < -0.39 is 203 Å². The number of benzene rings is 4. The number of carbonyl (C=O) groups excluding carboxylic acids is 16. The van der Waals surface area contributed by atoms with Crippen molar-refractivity contribution < 1.29 is 96.8 Å². The SMILES string of the molecule is N=C(N)NCCC[C@H](NC(=O)[C@H](CS)NC(=O)[C@H](CCCNC(N)=O)NC(=O)[C@H](CCCNC(N)=O)NC(=O)[C@H](Cc1ccc(O)cc1)NC(=O)[C@@H]1CCCN1C(=O)[C@@H](CCCNC(N)=O)NC(=O)[C@H](CCCCN)NC(=O)[C@H](CCCNC(=N)N)NC(=O)[C@H](Cc1ccc(O)cc1)NC(=O)[C@H](CS)NC(=O)[C@H](Cc1ccc2ccccc2c1)NC(=O)[C@H](CCCNC(=N)N)NC(=O)[C@@H](N)CCCNC(=N)N)C(=O)O. The molecule has 1 aliphatic rings. The second kappa shape index (κ2) is 64.4. The molecule has 14 atom stereocenters. The van der Waals surface area contributed by atoms with Gasteiger partial charge in [-0.05, 0) is 180 Å². The predicted molar refractivity (Wildman–Crippen MR) is 542 cm³/mol. The van der Waals surface area contributed by atoms with Crippen LogP contribution in [0.15, 0.2) is 91.0 Å². The number of primary amides is 3. The third kappa shape index (κ3) is 45.8. The number of carbonyl (C=O) groups is 17. The molecule has 19 amide bonds. The summed E-state index contributed by atoms with van der Waals surface area (Å²) in [6.07, 6.45) is -1.54. The lowest BCUT2D eigenvalue weighted by molar-refractivity contribution is -0.142. The number of aromatic hydroxyl groups is 2. The lowest BCUT2D eigenvalue weighted by Gasteiger charge is -2.31. The summed E-state index contributed by atoms with van der Waals surface area (Å²) in [5, 5.41) is 112. The fourth-order valence-corrected chi connectivity index (χ4v) is 15.8. The minimum absolute atomic E-state index is 0.0157. The Bertz CT molecular complexity index is 5050. The van der Waals surface area contributed by atoms with Crippen molar-refractivity contribution in [2.24, 2.45) is 51.6 Å². The van der Waals surface area contributed by atoms with Crippen molar-refractivity contribution in [2.45, 2.75) is 226 Å². The Morgan fingerprint density at radius 1 is 0.338 bits per heavy atom. The monoisotopic (exact) mass is 2070 g/mol. The summed E-state index contributed by atoms with van der Waals surface area (Å²) in [5.74, 6) is -16.8. The Morgan fingerprint density at radius 3 is 0.993 bits per heavy atom. The molecule has 1 saturated heterocycles. The molecule has 44 N–H and O–H groups in total. The molecule has 5 rings (SSSR count). The number of nitrogens with one attached hydrogen (secondary N) is 23. The summed E-state index contributed by atoms with van der Waals surface area (Å²) < 4.78 is 0.